The van der Waals surface area contributed by atoms with Crippen molar-refractivity contribution in [2.45, 2.75) is 13.0 Å². The van der Waals surface area contributed by atoms with E-state index in [0.717, 1.165) is 25.7 Å². The van der Waals surface area contributed by atoms with Crippen molar-refractivity contribution in [1.82, 2.24) is 4.90 Å². The smallest absolute Gasteiger partial charge is 0.340 e. The number of carbonyl (C=O) groups is 1. The molecule has 5 nitrogen and oxygen atoms in total. The van der Waals surface area contributed by atoms with Gasteiger partial charge in [-0.1, -0.05) is 13.0 Å². The maximum Gasteiger partial charge on any atom is 0.340 e. The van der Waals surface area contributed by atoms with Crippen LogP contribution in [0.15, 0.2) is 18.2 Å². The van der Waals surface area contributed by atoms with Crippen LogP contribution in [0, 0.1) is 5.82 Å². The SMILES string of the molecule is CCN1CCOC(CNc2cccc(F)c2C(=O)O)C1. The van der Waals surface area contributed by atoms with E-state index in [1.165, 1.54) is 6.07 Å². The third kappa shape index (κ3) is 3.46. The first-order valence-electron chi connectivity index (χ1n) is 6.71. The summed E-state index contributed by atoms with van der Waals surface area (Å²) in [4.78, 5) is 13.3. The van der Waals surface area contributed by atoms with Crippen LogP contribution in [-0.2, 0) is 4.74 Å². The minimum Gasteiger partial charge on any atom is -0.478 e. The van der Waals surface area contributed by atoms with Crippen LogP contribution in [0.4, 0.5) is 10.1 Å². The molecule has 0 aliphatic carbocycles. The van der Waals surface area contributed by atoms with Crippen molar-refractivity contribution in [1.29, 1.82) is 0 Å². The summed E-state index contributed by atoms with van der Waals surface area (Å²) in [5, 5.41) is 12.0. The van der Waals surface area contributed by atoms with E-state index in [1.807, 2.05) is 0 Å². The Bertz CT molecular complexity index is 481. The number of hydrogen-bond acceptors (Lipinski definition) is 4. The van der Waals surface area contributed by atoms with E-state index in [9.17, 15) is 9.18 Å². The zero-order valence-corrected chi connectivity index (χ0v) is 11.4. The molecule has 0 aromatic heterocycles. The molecule has 1 fully saturated rings. The molecule has 1 saturated heterocycles. The summed E-state index contributed by atoms with van der Waals surface area (Å²) < 4.78 is 19.1. The summed E-state index contributed by atoms with van der Waals surface area (Å²) in [5.74, 6) is -2.01. The maximum atomic E-state index is 13.5. The number of anilines is 1. The topological polar surface area (TPSA) is 61.8 Å². The summed E-state index contributed by atoms with van der Waals surface area (Å²) in [6.07, 6.45) is -0.0198. The van der Waals surface area contributed by atoms with Crippen molar-refractivity contribution in [2.24, 2.45) is 0 Å². The van der Waals surface area contributed by atoms with Gasteiger partial charge in [0.1, 0.15) is 11.4 Å². The molecule has 1 aliphatic heterocycles. The second kappa shape index (κ2) is 6.67. The zero-order valence-electron chi connectivity index (χ0n) is 11.4. The van der Waals surface area contributed by atoms with E-state index < -0.39 is 11.8 Å². The van der Waals surface area contributed by atoms with Crippen molar-refractivity contribution >= 4 is 11.7 Å². The van der Waals surface area contributed by atoms with E-state index in [-0.39, 0.29) is 17.4 Å². The lowest BCUT2D eigenvalue weighted by molar-refractivity contribution is -0.0192. The highest BCUT2D eigenvalue weighted by Gasteiger charge is 2.21. The van der Waals surface area contributed by atoms with Crippen molar-refractivity contribution < 1.29 is 19.0 Å². The predicted octanol–water partition coefficient (Wildman–Crippen LogP) is 1.66. The first kappa shape index (κ1) is 14.7. The van der Waals surface area contributed by atoms with Crippen molar-refractivity contribution in [3.05, 3.63) is 29.6 Å². The largest absolute Gasteiger partial charge is 0.478 e. The quantitative estimate of drug-likeness (QED) is 0.860. The molecule has 2 rings (SSSR count). The van der Waals surface area contributed by atoms with Gasteiger partial charge in [0, 0.05) is 19.6 Å². The Labute approximate surface area is 117 Å². The Hall–Kier alpha value is -1.66. The van der Waals surface area contributed by atoms with Gasteiger partial charge in [-0.25, -0.2) is 9.18 Å². The minimum atomic E-state index is -1.27. The first-order valence-corrected chi connectivity index (χ1v) is 6.71. The first-order chi connectivity index (χ1) is 9.61. The van der Waals surface area contributed by atoms with Crippen LogP contribution >= 0.6 is 0 Å². The summed E-state index contributed by atoms with van der Waals surface area (Å²) in [7, 11) is 0. The average molecular weight is 282 g/mol. The van der Waals surface area contributed by atoms with Crippen LogP contribution in [0.25, 0.3) is 0 Å². The average Bonchev–Trinajstić information content (AvgIpc) is 2.45. The molecule has 0 spiro atoms. The second-order valence-corrected chi connectivity index (χ2v) is 4.73. The van der Waals surface area contributed by atoms with Gasteiger partial charge in [-0.15, -0.1) is 0 Å². The summed E-state index contributed by atoms with van der Waals surface area (Å²) in [5.41, 5.74) is -0.0367. The lowest BCUT2D eigenvalue weighted by Crippen LogP contribution is -2.45. The van der Waals surface area contributed by atoms with E-state index in [2.05, 4.69) is 17.1 Å². The Kier molecular flexibility index (Phi) is 4.92. The molecule has 0 bridgehead atoms. The van der Waals surface area contributed by atoms with Gasteiger partial charge in [0.05, 0.1) is 18.4 Å². The van der Waals surface area contributed by atoms with Crippen LogP contribution in [0.2, 0.25) is 0 Å². The van der Waals surface area contributed by atoms with Gasteiger partial charge in [0.15, 0.2) is 0 Å². The minimum absolute atomic E-state index is 0.0198. The molecule has 1 heterocycles. The number of benzene rings is 1. The van der Waals surface area contributed by atoms with Gasteiger partial charge in [0.2, 0.25) is 0 Å². The van der Waals surface area contributed by atoms with Gasteiger partial charge in [0.25, 0.3) is 0 Å². The fraction of sp³-hybridized carbons (Fsp3) is 0.500. The van der Waals surface area contributed by atoms with Crippen LogP contribution < -0.4 is 5.32 Å². The monoisotopic (exact) mass is 282 g/mol. The lowest BCUT2D eigenvalue weighted by Gasteiger charge is -2.32. The normalized spacial score (nSPS) is 19.8. The van der Waals surface area contributed by atoms with Crippen LogP contribution in [-0.4, -0.2) is 54.9 Å². The van der Waals surface area contributed by atoms with Crippen molar-refractivity contribution in [3.63, 3.8) is 0 Å². The van der Waals surface area contributed by atoms with Gasteiger partial charge in [-0.05, 0) is 18.7 Å². The van der Waals surface area contributed by atoms with Crippen LogP contribution in [0.3, 0.4) is 0 Å². The zero-order chi connectivity index (χ0) is 14.5. The number of hydrogen-bond donors (Lipinski definition) is 2. The number of carboxylic acids is 1. The molecule has 1 unspecified atom stereocenters. The molecule has 1 aliphatic rings. The third-order valence-electron chi connectivity index (χ3n) is 3.42. The van der Waals surface area contributed by atoms with Crippen LogP contribution in [0.5, 0.6) is 0 Å². The van der Waals surface area contributed by atoms with Crippen LogP contribution in [0.1, 0.15) is 17.3 Å². The number of rotatable bonds is 5. The molecule has 2 N–H and O–H groups in total. The third-order valence-corrected chi connectivity index (χ3v) is 3.42. The van der Waals surface area contributed by atoms with Gasteiger partial charge < -0.3 is 15.2 Å². The van der Waals surface area contributed by atoms with E-state index in [0.29, 0.717) is 13.2 Å². The lowest BCUT2D eigenvalue weighted by atomic mass is 10.1. The summed E-state index contributed by atoms with van der Waals surface area (Å²) in [6, 6.07) is 4.20. The number of halogens is 1. The number of nitrogens with zero attached hydrogens (tertiary/aromatic N) is 1. The molecule has 0 radical (unpaired) electrons. The molecule has 0 amide bonds. The van der Waals surface area contributed by atoms with Crippen molar-refractivity contribution in [2.75, 3.05) is 38.1 Å². The van der Waals surface area contributed by atoms with Crippen molar-refractivity contribution in [3.8, 4) is 0 Å². The molecular formula is C14H19FN2O3. The summed E-state index contributed by atoms with van der Waals surface area (Å²) >= 11 is 0. The molecule has 1 aromatic rings. The molecular weight excluding hydrogens is 263 g/mol. The number of morpholine rings is 1. The Morgan fingerprint density at radius 1 is 1.60 bits per heavy atom. The highest BCUT2D eigenvalue weighted by Crippen LogP contribution is 2.19. The number of aromatic carboxylic acids is 1. The van der Waals surface area contributed by atoms with E-state index >= 15 is 0 Å². The molecule has 1 atom stereocenters. The van der Waals surface area contributed by atoms with E-state index in [1.54, 1.807) is 6.07 Å². The fourth-order valence-corrected chi connectivity index (χ4v) is 2.30. The molecule has 1 aromatic carbocycles. The summed E-state index contributed by atoms with van der Waals surface area (Å²) in [6.45, 7) is 5.87. The highest BCUT2D eigenvalue weighted by molar-refractivity contribution is 5.94. The molecule has 0 saturated carbocycles. The maximum absolute atomic E-state index is 13.5. The Morgan fingerprint density at radius 2 is 2.40 bits per heavy atom. The van der Waals surface area contributed by atoms with E-state index in [4.69, 9.17) is 9.84 Å². The number of carboxylic acid groups (broad SMARTS) is 1. The number of likely N-dealkylation sites (N-methyl/N-ethyl adjacent to an activating group) is 1. The van der Waals surface area contributed by atoms with Gasteiger partial charge in [-0.2, -0.15) is 0 Å². The fourth-order valence-electron chi connectivity index (χ4n) is 2.30. The second-order valence-electron chi connectivity index (χ2n) is 4.73. The van der Waals surface area contributed by atoms with Gasteiger partial charge >= 0.3 is 5.97 Å². The standard InChI is InChI=1S/C14H19FN2O3/c1-2-17-6-7-20-10(9-17)8-16-12-5-3-4-11(15)13(12)14(18)19/h3-5,10,16H,2,6-9H2,1H3,(H,18,19). The Balaban J connectivity index is 2.00. The molecule has 20 heavy (non-hydrogen) atoms. The highest BCUT2D eigenvalue weighted by atomic mass is 19.1. The molecule has 110 valence electrons. The number of nitrogens with one attached hydrogen (secondary N) is 1. The number of ether oxygens (including phenoxy) is 1. The van der Waals surface area contributed by atoms with Gasteiger partial charge in [-0.3, -0.25) is 4.90 Å². The molecule has 6 heteroatoms. The Morgan fingerprint density at radius 3 is 3.10 bits per heavy atom. The predicted molar refractivity (Wildman–Crippen MR) is 73.7 cm³/mol.